The van der Waals surface area contributed by atoms with Crippen molar-refractivity contribution < 1.29 is 19.1 Å². The zero-order valence-corrected chi connectivity index (χ0v) is 10.0. The Balaban J connectivity index is 4.07. The molecule has 88 valence electrons. The van der Waals surface area contributed by atoms with Crippen molar-refractivity contribution in [3.63, 3.8) is 0 Å². The molecule has 2 atom stereocenters. The molecule has 15 heavy (non-hydrogen) atoms. The lowest BCUT2D eigenvalue weighted by atomic mass is 10.3. The largest absolute Gasteiger partial charge is 0.467 e. The van der Waals surface area contributed by atoms with E-state index in [4.69, 9.17) is 4.74 Å². The molecule has 2 unspecified atom stereocenters. The van der Waals surface area contributed by atoms with E-state index in [1.807, 2.05) is 6.92 Å². The van der Waals surface area contributed by atoms with Crippen LogP contribution >= 0.6 is 12.6 Å². The molecule has 0 saturated heterocycles. The van der Waals surface area contributed by atoms with Gasteiger partial charge in [0, 0.05) is 5.75 Å². The Hall–Kier alpha value is -0.910. The molecule has 5 nitrogen and oxygen atoms in total. The smallest absolute Gasteiger partial charge is 0.408 e. The van der Waals surface area contributed by atoms with Gasteiger partial charge in [0.1, 0.15) is 12.1 Å². The van der Waals surface area contributed by atoms with Crippen LogP contribution in [0.15, 0.2) is 0 Å². The number of thiol groups is 1. The number of hydrogen-bond acceptors (Lipinski definition) is 5. The molecule has 1 N–H and O–H groups in total. The Morgan fingerprint density at radius 2 is 2.07 bits per heavy atom. The zero-order chi connectivity index (χ0) is 11.8. The van der Waals surface area contributed by atoms with Crippen LogP contribution in [0.3, 0.4) is 0 Å². The first-order valence-electron chi connectivity index (χ1n) is 4.70. The Bertz CT molecular complexity index is 222. The van der Waals surface area contributed by atoms with E-state index < -0.39 is 18.1 Å². The highest BCUT2D eigenvalue weighted by Gasteiger charge is 2.21. The number of amides is 1. The van der Waals surface area contributed by atoms with Crippen molar-refractivity contribution in [2.75, 3.05) is 12.9 Å². The van der Waals surface area contributed by atoms with E-state index in [9.17, 15) is 9.59 Å². The highest BCUT2D eigenvalue weighted by molar-refractivity contribution is 7.80. The van der Waals surface area contributed by atoms with Gasteiger partial charge in [-0.2, -0.15) is 12.6 Å². The number of hydrogen-bond donors (Lipinski definition) is 2. The molecule has 0 heterocycles. The molecule has 0 rings (SSSR count). The maximum absolute atomic E-state index is 11.2. The molecule has 0 saturated carbocycles. The van der Waals surface area contributed by atoms with Gasteiger partial charge < -0.3 is 14.8 Å². The predicted octanol–water partition coefficient (Wildman–Crippen LogP) is 0.982. The van der Waals surface area contributed by atoms with Crippen LogP contribution in [0.1, 0.15) is 20.3 Å². The Labute approximate surface area is 94.9 Å². The predicted molar refractivity (Wildman–Crippen MR) is 59.0 cm³/mol. The molecular formula is C9H17NO4S. The number of nitrogens with one attached hydrogen (secondary N) is 1. The summed E-state index contributed by atoms with van der Waals surface area (Å²) in [5.74, 6) is -0.367. The quantitative estimate of drug-likeness (QED) is 0.551. The number of methoxy groups -OCH3 is 1. The van der Waals surface area contributed by atoms with Crippen LogP contribution < -0.4 is 5.32 Å². The van der Waals surface area contributed by atoms with E-state index in [0.29, 0.717) is 0 Å². The van der Waals surface area contributed by atoms with Crippen LogP contribution in [0.4, 0.5) is 4.79 Å². The minimum absolute atomic E-state index is 0.169. The van der Waals surface area contributed by atoms with Crippen molar-refractivity contribution in [2.24, 2.45) is 0 Å². The number of alkyl carbamates (subject to hydrolysis) is 1. The molecule has 0 fully saturated rings. The second kappa shape index (κ2) is 7.39. The standard InChI is InChI=1S/C9H17NO4S/c1-4-6(2)14-9(12)10-7(5-15)8(11)13-3/h6-7,15H,4-5H2,1-3H3,(H,10,12). The molecule has 1 amide bonds. The third-order valence-electron chi connectivity index (χ3n) is 1.84. The van der Waals surface area contributed by atoms with Gasteiger partial charge in [-0.25, -0.2) is 9.59 Å². The van der Waals surface area contributed by atoms with Crippen LogP contribution in [0, 0.1) is 0 Å². The number of carbonyl (C=O) groups is 2. The molecule has 6 heteroatoms. The molecule has 0 aliphatic carbocycles. The summed E-state index contributed by atoms with van der Waals surface area (Å²) < 4.78 is 9.41. The third kappa shape index (κ3) is 5.51. The Kier molecular flexibility index (Phi) is 6.94. The van der Waals surface area contributed by atoms with E-state index in [0.717, 1.165) is 6.42 Å². The molecule has 0 radical (unpaired) electrons. The van der Waals surface area contributed by atoms with Gasteiger partial charge in [-0.05, 0) is 13.3 Å². The van der Waals surface area contributed by atoms with Crippen LogP contribution in [0.5, 0.6) is 0 Å². The lowest BCUT2D eigenvalue weighted by molar-refractivity contribution is -0.142. The molecule has 0 aromatic rings. The van der Waals surface area contributed by atoms with Crippen molar-refractivity contribution in [3.8, 4) is 0 Å². The van der Waals surface area contributed by atoms with E-state index >= 15 is 0 Å². The van der Waals surface area contributed by atoms with Crippen molar-refractivity contribution in [2.45, 2.75) is 32.4 Å². The fourth-order valence-corrected chi connectivity index (χ4v) is 1.00. The van der Waals surface area contributed by atoms with E-state index in [-0.39, 0.29) is 11.9 Å². The maximum Gasteiger partial charge on any atom is 0.408 e. The van der Waals surface area contributed by atoms with Crippen LogP contribution in [0.2, 0.25) is 0 Å². The molecule has 0 aliphatic heterocycles. The third-order valence-corrected chi connectivity index (χ3v) is 2.21. The first-order valence-corrected chi connectivity index (χ1v) is 5.34. The van der Waals surface area contributed by atoms with E-state index in [2.05, 4.69) is 22.7 Å². The number of esters is 1. The normalized spacial score (nSPS) is 13.9. The van der Waals surface area contributed by atoms with Gasteiger partial charge in [0.05, 0.1) is 7.11 Å². The number of ether oxygens (including phenoxy) is 2. The highest BCUT2D eigenvalue weighted by atomic mass is 32.1. The van der Waals surface area contributed by atoms with Gasteiger partial charge in [-0.3, -0.25) is 0 Å². The molecule has 0 bridgehead atoms. The van der Waals surface area contributed by atoms with Gasteiger partial charge in [0.25, 0.3) is 0 Å². The summed E-state index contributed by atoms with van der Waals surface area (Å²) >= 11 is 3.93. The van der Waals surface area contributed by atoms with Gasteiger partial charge in [-0.1, -0.05) is 6.92 Å². The number of carbonyl (C=O) groups excluding carboxylic acids is 2. The summed E-state index contributed by atoms with van der Waals surface area (Å²) in [7, 11) is 1.25. The van der Waals surface area contributed by atoms with Crippen LogP contribution in [-0.2, 0) is 14.3 Å². The lowest BCUT2D eigenvalue weighted by Gasteiger charge is -2.16. The first-order chi connectivity index (χ1) is 7.04. The number of rotatable bonds is 5. The van der Waals surface area contributed by atoms with Gasteiger partial charge >= 0.3 is 12.1 Å². The summed E-state index contributed by atoms with van der Waals surface area (Å²) in [5, 5.41) is 2.37. The molecule has 0 aromatic heterocycles. The molecular weight excluding hydrogens is 218 g/mol. The van der Waals surface area contributed by atoms with Gasteiger partial charge in [-0.15, -0.1) is 0 Å². The zero-order valence-electron chi connectivity index (χ0n) is 9.15. The second-order valence-electron chi connectivity index (χ2n) is 3.03. The summed E-state index contributed by atoms with van der Waals surface area (Å²) in [6.45, 7) is 3.67. The summed E-state index contributed by atoms with van der Waals surface area (Å²) in [6, 6.07) is -0.769. The first kappa shape index (κ1) is 14.1. The molecule has 0 aliphatic rings. The topological polar surface area (TPSA) is 64.6 Å². The average molecular weight is 235 g/mol. The fraction of sp³-hybridized carbons (Fsp3) is 0.778. The van der Waals surface area contributed by atoms with Crippen molar-refractivity contribution >= 4 is 24.7 Å². The van der Waals surface area contributed by atoms with E-state index in [1.165, 1.54) is 7.11 Å². The Morgan fingerprint density at radius 1 is 1.47 bits per heavy atom. The summed E-state index contributed by atoms with van der Waals surface area (Å²) in [4.78, 5) is 22.3. The van der Waals surface area contributed by atoms with Crippen molar-refractivity contribution in [3.05, 3.63) is 0 Å². The summed E-state index contributed by atoms with van der Waals surface area (Å²) in [6.07, 6.45) is -0.0889. The highest BCUT2D eigenvalue weighted by Crippen LogP contribution is 1.98. The van der Waals surface area contributed by atoms with E-state index in [1.54, 1.807) is 6.92 Å². The lowest BCUT2D eigenvalue weighted by Crippen LogP contribution is -2.43. The van der Waals surface area contributed by atoms with Crippen LogP contribution in [0.25, 0.3) is 0 Å². The minimum atomic E-state index is -0.769. The Morgan fingerprint density at radius 3 is 2.47 bits per heavy atom. The molecule has 0 aromatic carbocycles. The summed E-state index contributed by atoms with van der Waals surface area (Å²) in [5.41, 5.74) is 0. The maximum atomic E-state index is 11.2. The van der Waals surface area contributed by atoms with Crippen LogP contribution in [-0.4, -0.2) is 37.1 Å². The van der Waals surface area contributed by atoms with Gasteiger partial charge in [0.2, 0.25) is 0 Å². The second-order valence-corrected chi connectivity index (χ2v) is 3.39. The monoisotopic (exact) mass is 235 g/mol. The van der Waals surface area contributed by atoms with Crippen molar-refractivity contribution in [1.82, 2.24) is 5.32 Å². The van der Waals surface area contributed by atoms with Gasteiger partial charge in [0.15, 0.2) is 0 Å². The molecule has 0 spiro atoms. The fourth-order valence-electron chi connectivity index (χ4n) is 0.764. The SMILES string of the molecule is CCC(C)OC(=O)NC(CS)C(=O)OC. The average Bonchev–Trinajstić information content (AvgIpc) is 2.24. The van der Waals surface area contributed by atoms with Crippen molar-refractivity contribution in [1.29, 1.82) is 0 Å². The minimum Gasteiger partial charge on any atom is -0.467 e.